The molecule has 0 amide bonds. The van der Waals surface area contributed by atoms with E-state index in [-0.39, 0.29) is 11.7 Å². The Morgan fingerprint density at radius 1 is 1.42 bits per heavy atom. The quantitative estimate of drug-likeness (QED) is 0.911. The summed E-state index contributed by atoms with van der Waals surface area (Å²) in [6.07, 6.45) is -0.0488. The number of rotatable bonds is 3. The van der Waals surface area contributed by atoms with E-state index in [9.17, 15) is 8.78 Å². The van der Waals surface area contributed by atoms with Crippen LogP contribution in [0.2, 0.25) is 0 Å². The van der Waals surface area contributed by atoms with Crippen LogP contribution in [0.5, 0.6) is 0 Å². The summed E-state index contributed by atoms with van der Waals surface area (Å²) in [7, 11) is 0. The van der Waals surface area contributed by atoms with Gasteiger partial charge in [0.15, 0.2) is 0 Å². The number of benzene rings is 1. The highest BCUT2D eigenvalue weighted by atomic mass is 19.1. The van der Waals surface area contributed by atoms with Crippen molar-refractivity contribution in [2.24, 2.45) is 5.73 Å². The molecule has 0 radical (unpaired) electrons. The van der Waals surface area contributed by atoms with Gasteiger partial charge in [-0.3, -0.25) is 4.90 Å². The van der Waals surface area contributed by atoms with Gasteiger partial charge >= 0.3 is 0 Å². The first-order valence-corrected chi connectivity index (χ1v) is 6.44. The van der Waals surface area contributed by atoms with Gasteiger partial charge in [0.25, 0.3) is 0 Å². The van der Waals surface area contributed by atoms with Gasteiger partial charge < -0.3 is 10.5 Å². The second-order valence-electron chi connectivity index (χ2n) is 5.64. The molecule has 106 valence electrons. The molecular weight excluding hydrogens is 250 g/mol. The number of halogens is 2. The van der Waals surface area contributed by atoms with Crippen molar-refractivity contribution < 1.29 is 13.5 Å². The van der Waals surface area contributed by atoms with Crippen LogP contribution in [0.25, 0.3) is 0 Å². The largest absolute Gasteiger partial charge is 0.368 e. The van der Waals surface area contributed by atoms with Gasteiger partial charge in [0.2, 0.25) is 0 Å². The molecule has 3 nitrogen and oxygen atoms in total. The van der Waals surface area contributed by atoms with Crippen molar-refractivity contribution in [1.29, 1.82) is 0 Å². The number of hydrogen-bond acceptors (Lipinski definition) is 3. The molecule has 0 aromatic heterocycles. The highest BCUT2D eigenvalue weighted by Crippen LogP contribution is 2.23. The highest BCUT2D eigenvalue weighted by molar-refractivity contribution is 5.18. The van der Waals surface area contributed by atoms with E-state index in [1.807, 2.05) is 13.8 Å². The minimum Gasteiger partial charge on any atom is -0.368 e. The van der Waals surface area contributed by atoms with Gasteiger partial charge in [0, 0.05) is 37.8 Å². The molecule has 1 saturated heterocycles. The third-order valence-electron chi connectivity index (χ3n) is 3.22. The standard InChI is InChI=1S/C14H20F2N2O/c1-14(2)9-18(8-12(6-17)19-14)7-10-3-4-11(15)5-13(10)16/h3-5,12H,6-9,17H2,1-2H3. The summed E-state index contributed by atoms with van der Waals surface area (Å²) < 4.78 is 32.3. The molecule has 2 N–H and O–H groups in total. The Morgan fingerprint density at radius 3 is 2.79 bits per heavy atom. The Kier molecular flexibility index (Phi) is 4.18. The van der Waals surface area contributed by atoms with E-state index >= 15 is 0 Å². The fourth-order valence-corrected chi connectivity index (χ4v) is 2.55. The van der Waals surface area contributed by atoms with Crippen LogP contribution < -0.4 is 5.73 Å². The summed E-state index contributed by atoms with van der Waals surface area (Å²) in [5, 5.41) is 0. The Morgan fingerprint density at radius 2 is 2.16 bits per heavy atom. The maximum atomic E-state index is 13.7. The summed E-state index contributed by atoms with van der Waals surface area (Å²) in [5.41, 5.74) is 5.84. The second kappa shape index (κ2) is 5.53. The van der Waals surface area contributed by atoms with Crippen LogP contribution in [0.3, 0.4) is 0 Å². The summed E-state index contributed by atoms with van der Waals surface area (Å²) in [6.45, 7) is 6.21. The van der Waals surface area contributed by atoms with E-state index in [4.69, 9.17) is 10.5 Å². The van der Waals surface area contributed by atoms with Crippen molar-refractivity contribution in [2.45, 2.75) is 32.1 Å². The molecule has 1 atom stereocenters. The molecule has 0 bridgehead atoms. The van der Waals surface area contributed by atoms with Gasteiger partial charge in [0.05, 0.1) is 11.7 Å². The molecule has 19 heavy (non-hydrogen) atoms. The first-order valence-electron chi connectivity index (χ1n) is 6.44. The SMILES string of the molecule is CC1(C)CN(Cc2ccc(F)cc2F)CC(CN)O1. The van der Waals surface area contributed by atoms with Gasteiger partial charge in [-0.1, -0.05) is 6.07 Å². The minimum absolute atomic E-state index is 0.0488. The summed E-state index contributed by atoms with van der Waals surface area (Å²) >= 11 is 0. The van der Waals surface area contributed by atoms with Gasteiger partial charge in [0.1, 0.15) is 11.6 Å². The van der Waals surface area contributed by atoms with Crippen LogP contribution in [0, 0.1) is 11.6 Å². The zero-order chi connectivity index (χ0) is 14.0. The normalized spacial score (nSPS) is 23.5. The van der Waals surface area contributed by atoms with Crippen molar-refractivity contribution in [2.75, 3.05) is 19.6 Å². The molecule has 0 saturated carbocycles. The van der Waals surface area contributed by atoms with Gasteiger partial charge in [-0.05, 0) is 19.9 Å². The van der Waals surface area contributed by atoms with E-state index in [0.717, 1.165) is 6.07 Å². The van der Waals surface area contributed by atoms with Gasteiger partial charge in [-0.25, -0.2) is 8.78 Å². The smallest absolute Gasteiger partial charge is 0.130 e. The molecule has 1 aromatic carbocycles. The predicted molar refractivity (Wildman–Crippen MR) is 69.6 cm³/mol. The first kappa shape index (κ1) is 14.4. The summed E-state index contributed by atoms with van der Waals surface area (Å²) in [4.78, 5) is 2.09. The number of morpholine rings is 1. The number of nitrogens with zero attached hydrogens (tertiary/aromatic N) is 1. The second-order valence-corrected chi connectivity index (χ2v) is 5.64. The molecule has 1 aliphatic rings. The lowest BCUT2D eigenvalue weighted by Crippen LogP contribution is -2.54. The third kappa shape index (κ3) is 3.72. The average Bonchev–Trinajstić information content (AvgIpc) is 2.31. The van der Waals surface area contributed by atoms with Crippen LogP contribution >= 0.6 is 0 Å². The van der Waals surface area contributed by atoms with E-state index in [2.05, 4.69) is 4.90 Å². The van der Waals surface area contributed by atoms with Crippen molar-refractivity contribution in [1.82, 2.24) is 4.90 Å². The lowest BCUT2D eigenvalue weighted by molar-refractivity contribution is -0.134. The fraction of sp³-hybridized carbons (Fsp3) is 0.571. The van der Waals surface area contributed by atoms with Crippen LogP contribution in [0.1, 0.15) is 19.4 Å². The molecule has 0 aliphatic carbocycles. The lowest BCUT2D eigenvalue weighted by atomic mass is 10.0. The monoisotopic (exact) mass is 270 g/mol. The Bertz CT molecular complexity index is 451. The van der Waals surface area contributed by atoms with E-state index < -0.39 is 11.6 Å². The summed E-state index contributed by atoms with van der Waals surface area (Å²) in [5.74, 6) is -1.06. The number of ether oxygens (including phenoxy) is 1. The molecular formula is C14H20F2N2O. The number of nitrogens with two attached hydrogens (primary N) is 1. The lowest BCUT2D eigenvalue weighted by Gasteiger charge is -2.42. The van der Waals surface area contributed by atoms with E-state index in [1.54, 1.807) is 0 Å². The predicted octanol–water partition coefficient (Wildman–Crippen LogP) is 1.90. The minimum atomic E-state index is -0.552. The van der Waals surface area contributed by atoms with Crippen molar-refractivity contribution in [3.8, 4) is 0 Å². The molecule has 2 rings (SSSR count). The highest BCUT2D eigenvalue weighted by Gasteiger charge is 2.32. The molecule has 5 heteroatoms. The van der Waals surface area contributed by atoms with Crippen LogP contribution in [0.4, 0.5) is 8.78 Å². The molecule has 1 heterocycles. The molecule has 1 aliphatic heterocycles. The van der Waals surface area contributed by atoms with Crippen molar-refractivity contribution in [3.05, 3.63) is 35.4 Å². The first-order chi connectivity index (χ1) is 8.89. The third-order valence-corrected chi connectivity index (χ3v) is 3.22. The molecule has 1 aromatic rings. The Balaban J connectivity index is 2.09. The number of hydrogen-bond donors (Lipinski definition) is 1. The van der Waals surface area contributed by atoms with Crippen LogP contribution in [-0.4, -0.2) is 36.2 Å². The Labute approximate surface area is 112 Å². The Hall–Kier alpha value is -1.04. The maximum Gasteiger partial charge on any atom is 0.130 e. The zero-order valence-electron chi connectivity index (χ0n) is 11.3. The molecule has 1 fully saturated rings. The van der Waals surface area contributed by atoms with Gasteiger partial charge in [-0.15, -0.1) is 0 Å². The van der Waals surface area contributed by atoms with Gasteiger partial charge in [-0.2, -0.15) is 0 Å². The van der Waals surface area contributed by atoms with E-state index in [1.165, 1.54) is 12.1 Å². The van der Waals surface area contributed by atoms with Crippen molar-refractivity contribution >= 4 is 0 Å². The summed E-state index contributed by atoms with van der Waals surface area (Å²) in [6, 6.07) is 3.69. The molecule has 0 spiro atoms. The zero-order valence-corrected chi connectivity index (χ0v) is 11.3. The van der Waals surface area contributed by atoms with E-state index in [0.29, 0.717) is 31.7 Å². The topological polar surface area (TPSA) is 38.5 Å². The van der Waals surface area contributed by atoms with Crippen molar-refractivity contribution in [3.63, 3.8) is 0 Å². The van der Waals surface area contributed by atoms with Crippen LogP contribution in [0.15, 0.2) is 18.2 Å². The maximum absolute atomic E-state index is 13.7. The average molecular weight is 270 g/mol. The van der Waals surface area contributed by atoms with Crippen LogP contribution in [-0.2, 0) is 11.3 Å². The fourth-order valence-electron chi connectivity index (χ4n) is 2.55. The molecule has 1 unspecified atom stereocenters.